The van der Waals surface area contributed by atoms with Crippen molar-refractivity contribution in [2.45, 2.75) is 45.1 Å². The first-order valence-electron chi connectivity index (χ1n) is 15.0. The standard InChI is InChI=1S/C38H44O5/c1-27(2)23-29-11-13-31(14-12-29)28(3)37(40)24-30(25-39)26-43-38(32-9-7-6-8-10-32,33-15-19-35(41-4)20-16-33)34-17-21-36(42-5)22-18-34/h6-22,27-28,30,39H,23-26H2,1-5H3. The Balaban J connectivity index is 1.63. The number of hydrogen-bond acceptors (Lipinski definition) is 5. The van der Waals surface area contributed by atoms with E-state index in [4.69, 9.17) is 14.2 Å². The molecule has 0 saturated heterocycles. The summed E-state index contributed by atoms with van der Waals surface area (Å²) in [7, 11) is 3.28. The van der Waals surface area contributed by atoms with Gasteiger partial charge < -0.3 is 19.3 Å². The number of benzene rings is 4. The molecule has 0 amide bonds. The monoisotopic (exact) mass is 580 g/mol. The maximum atomic E-state index is 13.5. The van der Waals surface area contributed by atoms with E-state index in [1.807, 2.05) is 85.8 Å². The fourth-order valence-electron chi connectivity index (χ4n) is 5.55. The number of rotatable bonds is 15. The van der Waals surface area contributed by atoms with Crippen molar-refractivity contribution in [3.05, 3.63) is 131 Å². The topological polar surface area (TPSA) is 65.0 Å². The summed E-state index contributed by atoms with van der Waals surface area (Å²) in [6.45, 7) is 6.36. The predicted octanol–water partition coefficient (Wildman–Crippen LogP) is 7.58. The fourth-order valence-corrected chi connectivity index (χ4v) is 5.55. The van der Waals surface area contributed by atoms with Crippen molar-refractivity contribution in [1.29, 1.82) is 0 Å². The van der Waals surface area contributed by atoms with Gasteiger partial charge >= 0.3 is 0 Å². The molecular weight excluding hydrogens is 536 g/mol. The SMILES string of the molecule is COc1ccc(C(OCC(CO)CC(=O)C(C)c2ccc(CC(C)C)cc2)(c2ccccc2)c2ccc(OC)cc2)cc1. The van der Waals surface area contributed by atoms with Gasteiger partial charge in [0, 0.05) is 24.9 Å². The molecule has 0 aromatic heterocycles. The van der Waals surface area contributed by atoms with Crippen molar-refractivity contribution in [2.24, 2.45) is 11.8 Å². The molecule has 0 saturated carbocycles. The van der Waals surface area contributed by atoms with Crippen molar-refractivity contribution < 1.29 is 24.1 Å². The highest BCUT2D eigenvalue weighted by atomic mass is 16.5. The van der Waals surface area contributed by atoms with E-state index in [0.29, 0.717) is 5.92 Å². The fraction of sp³-hybridized carbons (Fsp3) is 0.342. The highest BCUT2D eigenvalue weighted by molar-refractivity contribution is 5.85. The molecule has 1 N–H and O–H groups in total. The van der Waals surface area contributed by atoms with Gasteiger partial charge in [-0.05, 0) is 64.4 Å². The van der Waals surface area contributed by atoms with Gasteiger partial charge in [0.2, 0.25) is 0 Å². The van der Waals surface area contributed by atoms with Gasteiger partial charge in [-0.25, -0.2) is 0 Å². The van der Waals surface area contributed by atoms with E-state index in [9.17, 15) is 9.90 Å². The molecule has 0 aliphatic carbocycles. The van der Waals surface area contributed by atoms with Crippen LogP contribution < -0.4 is 9.47 Å². The van der Waals surface area contributed by atoms with Gasteiger partial charge in [0.05, 0.1) is 20.8 Å². The summed E-state index contributed by atoms with van der Waals surface area (Å²) in [6.07, 6.45) is 1.22. The zero-order chi connectivity index (χ0) is 30.8. The number of hydrogen-bond donors (Lipinski definition) is 1. The molecule has 4 aromatic carbocycles. The van der Waals surface area contributed by atoms with E-state index in [1.165, 1.54) is 5.56 Å². The third-order valence-corrected chi connectivity index (χ3v) is 8.06. The lowest BCUT2D eigenvalue weighted by Gasteiger charge is -2.37. The Kier molecular flexibility index (Phi) is 11.2. The van der Waals surface area contributed by atoms with Crippen molar-refractivity contribution in [1.82, 2.24) is 0 Å². The zero-order valence-electron chi connectivity index (χ0n) is 26.0. The largest absolute Gasteiger partial charge is 0.497 e. The van der Waals surface area contributed by atoms with E-state index in [2.05, 4.69) is 38.1 Å². The first-order valence-corrected chi connectivity index (χ1v) is 15.0. The third-order valence-electron chi connectivity index (χ3n) is 8.06. The quantitative estimate of drug-likeness (QED) is 0.147. The van der Waals surface area contributed by atoms with Crippen LogP contribution in [-0.2, 0) is 21.6 Å². The third kappa shape index (κ3) is 7.73. The number of Topliss-reactive ketones (excluding diaryl/α,β-unsaturated/α-hetero) is 1. The number of aliphatic hydroxyl groups is 1. The van der Waals surface area contributed by atoms with Crippen LogP contribution in [0, 0.1) is 11.8 Å². The van der Waals surface area contributed by atoms with Crippen LogP contribution >= 0.6 is 0 Å². The lowest BCUT2D eigenvalue weighted by molar-refractivity contribution is -0.122. The van der Waals surface area contributed by atoms with Gasteiger partial charge in [0.25, 0.3) is 0 Å². The van der Waals surface area contributed by atoms with Gasteiger partial charge in [-0.15, -0.1) is 0 Å². The minimum absolute atomic E-state index is 0.0819. The molecule has 226 valence electrons. The zero-order valence-corrected chi connectivity index (χ0v) is 26.0. The number of ketones is 1. The highest BCUT2D eigenvalue weighted by Crippen LogP contribution is 2.42. The van der Waals surface area contributed by atoms with E-state index < -0.39 is 5.60 Å². The Hall–Kier alpha value is -3.93. The molecule has 0 spiro atoms. The van der Waals surface area contributed by atoms with Gasteiger partial charge in [0.15, 0.2) is 0 Å². The van der Waals surface area contributed by atoms with Gasteiger partial charge in [-0.3, -0.25) is 4.79 Å². The molecule has 43 heavy (non-hydrogen) atoms. The summed E-state index contributed by atoms with van der Waals surface area (Å²) in [4.78, 5) is 13.5. The van der Waals surface area contributed by atoms with Crippen LogP contribution in [0.25, 0.3) is 0 Å². The van der Waals surface area contributed by atoms with Crippen molar-refractivity contribution in [3.8, 4) is 11.5 Å². The average Bonchev–Trinajstić information content (AvgIpc) is 3.05. The Morgan fingerprint density at radius 3 is 1.70 bits per heavy atom. The van der Waals surface area contributed by atoms with Crippen molar-refractivity contribution in [3.63, 3.8) is 0 Å². The molecule has 0 fully saturated rings. The normalized spacial score (nSPS) is 13.0. The summed E-state index contributed by atoms with van der Waals surface area (Å²) in [5.41, 5.74) is 4.00. The van der Waals surface area contributed by atoms with E-state index in [-0.39, 0.29) is 37.3 Å². The van der Waals surface area contributed by atoms with Crippen LogP contribution in [0.5, 0.6) is 11.5 Å². The molecule has 2 atom stereocenters. The minimum atomic E-state index is -1.01. The van der Waals surface area contributed by atoms with E-state index in [0.717, 1.165) is 40.2 Å². The van der Waals surface area contributed by atoms with E-state index >= 15 is 0 Å². The van der Waals surface area contributed by atoms with Gasteiger partial charge in [-0.1, -0.05) is 99.6 Å². The second-order valence-electron chi connectivity index (χ2n) is 11.6. The number of ether oxygens (including phenoxy) is 3. The molecule has 0 aliphatic heterocycles. The Morgan fingerprint density at radius 1 is 0.721 bits per heavy atom. The second-order valence-corrected chi connectivity index (χ2v) is 11.6. The summed E-state index contributed by atoms with van der Waals surface area (Å²) < 4.78 is 17.8. The van der Waals surface area contributed by atoms with Crippen LogP contribution in [0.1, 0.15) is 60.9 Å². The molecule has 0 bridgehead atoms. The molecule has 0 radical (unpaired) electrons. The van der Waals surface area contributed by atoms with Crippen LogP contribution in [0.2, 0.25) is 0 Å². The van der Waals surface area contributed by atoms with Crippen LogP contribution in [-0.4, -0.2) is 38.3 Å². The number of carbonyl (C=O) groups is 1. The molecule has 4 aromatic rings. The second kappa shape index (κ2) is 15.0. The lowest BCUT2D eigenvalue weighted by atomic mass is 9.79. The molecule has 4 rings (SSSR count). The molecule has 2 unspecified atom stereocenters. The lowest BCUT2D eigenvalue weighted by Crippen LogP contribution is -2.35. The van der Waals surface area contributed by atoms with Crippen LogP contribution in [0.3, 0.4) is 0 Å². The maximum absolute atomic E-state index is 13.5. The Morgan fingerprint density at radius 2 is 1.23 bits per heavy atom. The highest BCUT2D eigenvalue weighted by Gasteiger charge is 2.38. The van der Waals surface area contributed by atoms with Crippen LogP contribution in [0.15, 0.2) is 103 Å². The number of carbonyl (C=O) groups excluding carboxylic acids is 1. The number of methoxy groups -OCH3 is 2. The Bertz CT molecular complexity index is 1360. The smallest absolute Gasteiger partial charge is 0.143 e. The summed E-state index contributed by atoms with van der Waals surface area (Å²) in [5.74, 6) is 1.49. The minimum Gasteiger partial charge on any atom is -0.497 e. The van der Waals surface area contributed by atoms with Crippen molar-refractivity contribution in [2.75, 3.05) is 27.4 Å². The molecule has 5 heteroatoms. The molecule has 0 heterocycles. The van der Waals surface area contributed by atoms with E-state index in [1.54, 1.807) is 14.2 Å². The summed E-state index contributed by atoms with van der Waals surface area (Å²) in [5, 5.41) is 10.4. The molecule has 5 nitrogen and oxygen atoms in total. The average molecular weight is 581 g/mol. The molecule has 0 aliphatic rings. The maximum Gasteiger partial charge on any atom is 0.143 e. The van der Waals surface area contributed by atoms with Crippen LogP contribution in [0.4, 0.5) is 0 Å². The van der Waals surface area contributed by atoms with Crippen molar-refractivity contribution >= 4 is 5.78 Å². The first-order chi connectivity index (χ1) is 20.8. The molecular formula is C38H44O5. The Labute approximate surface area is 256 Å². The van der Waals surface area contributed by atoms with Gasteiger partial charge in [0.1, 0.15) is 22.9 Å². The predicted molar refractivity (Wildman–Crippen MR) is 172 cm³/mol. The summed E-state index contributed by atoms with van der Waals surface area (Å²) in [6, 6.07) is 34.0. The summed E-state index contributed by atoms with van der Waals surface area (Å²) >= 11 is 0. The number of aliphatic hydroxyl groups excluding tert-OH is 1. The van der Waals surface area contributed by atoms with Gasteiger partial charge in [-0.2, -0.15) is 0 Å². The first kappa shape index (κ1) is 32.0.